The summed E-state index contributed by atoms with van der Waals surface area (Å²) in [6.07, 6.45) is 9.92. The molecule has 0 saturated carbocycles. The average Bonchev–Trinajstić information content (AvgIpc) is 2.70. The highest BCUT2D eigenvalue weighted by atomic mass is 16.3. The molecule has 3 nitrogen and oxygen atoms in total. The molecule has 1 N–H and O–H groups in total. The van der Waals surface area contributed by atoms with Gasteiger partial charge in [0, 0.05) is 18.6 Å². The Bertz CT molecular complexity index is 413. The number of aliphatic hydroxyl groups is 1. The van der Waals surface area contributed by atoms with Gasteiger partial charge in [-0.25, -0.2) is 0 Å². The van der Waals surface area contributed by atoms with Crippen LogP contribution < -0.4 is 0 Å². The molecule has 3 fully saturated rings. The van der Waals surface area contributed by atoms with Crippen LogP contribution in [0.5, 0.6) is 0 Å². The Morgan fingerprint density at radius 2 is 1.52 bits per heavy atom. The van der Waals surface area contributed by atoms with Gasteiger partial charge in [-0.2, -0.15) is 0 Å². The SMILES string of the molecule is CC.CC(C)(C)C1CCCN2CCCCC12.CC(C)C1CCCN(CCO)C1C. The molecule has 0 bridgehead atoms. The van der Waals surface area contributed by atoms with Crippen LogP contribution in [0.3, 0.4) is 0 Å². The Morgan fingerprint density at radius 1 is 0.897 bits per heavy atom. The fourth-order valence-electron chi connectivity index (χ4n) is 6.05. The molecule has 3 aliphatic rings. The van der Waals surface area contributed by atoms with Crippen molar-refractivity contribution in [3.8, 4) is 0 Å². The van der Waals surface area contributed by atoms with E-state index in [0.29, 0.717) is 18.1 Å². The largest absolute Gasteiger partial charge is 0.395 e. The number of rotatable bonds is 3. The molecule has 3 heteroatoms. The van der Waals surface area contributed by atoms with E-state index < -0.39 is 0 Å². The highest BCUT2D eigenvalue weighted by molar-refractivity contribution is 4.92. The minimum absolute atomic E-state index is 0.301. The van der Waals surface area contributed by atoms with Crippen molar-refractivity contribution in [2.24, 2.45) is 23.2 Å². The summed E-state index contributed by atoms with van der Waals surface area (Å²) in [6.45, 7) is 23.3. The van der Waals surface area contributed by atoms with Crippen LogP contribution in [0.2, 0.25) is 0 Å². The Kier molecular flexibility index (Phi) is 12.4. The van der Waals surface area contributed by atoms with Crippen LogP contribution in [-0.2, 0) is 0 Å². The van der Waals surface area contributed by atoms with E-state index >= 15 is 0 Å². The maximum absolute atomic E-state index is 8.92. The summed E-state index contributed by atoms with van der Waals surface area (Å²) >= 11 is 0. The fourth-order valence-corrected chi connectivity index (χ4v) is 6.05. The van der Waals surface area contributed by atoms with Crippen molar-refractivity contribution in [1.82, 2.24) is 9.80 Å². The van der Waals surface area contributed by atoms with Gasteiger partial charge in [0.15, 0.2) is 0 Å². The molecule has 4 atom stereocenters. The number of β-amino-alcohol motifs (C(OH)–C–C–N with tert-alkyl or cyclic N) is 1. The molecule has 3 rings (SSSR count). The maximum Gasteiger partial charge on any atom is 0.0558 e. The number of piperidine rings is 3. The van der Waals surface area contributed by atoms with Crippen molar-refractivity contribution in [3.63, 3.8) is 0 Å². The van der Waals surface area contributed by atoms with Crippen molar-refractivity contribution >= 4 is 0 Å². The van der Waals surface area contributed by atoms with Crippen LogP contribution in [0, 0.1) is 23.2 Å². The minimum atomic E-state index is 0.301. The first-order valence-corrected chi connectivity index (χ1v) is 12.8. The average molecular weight is 411 g/mol. The molecular weight excluding hydrogens is 356 g/mol. The standard InChI is InChI=1S/C13H25N.C11H23NO.C2H6/c1-13(2,3)11-7-6-10-14-9-5-4-8-12(11)14;1-9(2)11-5-4-6-12(7-8-13)10(11)3;1-2/h11-12H,4-10H2,1-3H3;9-11,13H,4-8H2,1-3H3;1-2H3. The monoisotopic (exact) mass is 410 g/mol. The van der Waals surface area contributed by atoms with E-state index in [9.17, 15) is 0 Å². The first kappa shape index (κ1) is 26.9. The zero-order valence-corrected chi connectivity index (χ0v) is 21.2. The summed E-state index contributed by atoms with van der Waals surface area (Å²) in [5.41, 5.74) is 0.515. The number of likely N-dealkylation sites (tertiary alicyclic amines) is 1. The molecule has 174 valence electrons. The third-order valence-electron chi connectivity index (χ3n) is 7.62. The van der Waals surface area contributed by atoms with Gasteiger partial charge in [0.25, 0.3) is 0 Å². The summed E-state index contributed by atoms with van der Waals surface area (Å²) in [5, 5.41) is 8.92. The highest BCUT2D eigenvalue weighted by Gasteiger charge is 2.38. The summed E-state index contributed by atoms with van der Waals surface area (Å²) < 4.78 is 0. The number of fused-ring (bicyclic) bond motifs is 1. The molecule has 0 amide bonds. The van der Waals surface area contributed by atoms with Crippen molar-refractivity contribution in [3.05, 3.63) is 0 Å². The van der Waals surface area contributed by atoms with Crippen LogP contribution >= 0.6 is 0 Å². The number of hydrogen-bond donors (Lipinski definition) is 1. The van der Waals surface area contributed by atoms with E-state index in [1.165, 1.54) is 64.6 Å². The van der Waals surface area contributed by atoms with E-state index in [-0.39, 0.29) is 0 Å². The first-order valence-electron chi connectivity index (χ1n) is 12.8. The molecule has 3 heterocycles. The minimum Gasteiger partial charge on any atom is -0.395 e. The van der Waals surface area contributed by atoms with E-state index in [4.69, 9.17) is 5.11 Å². The lowest BCUT2D eigenvalue weighted by molar-refractivity contribution is 0.00850. The van der Waals surface area contributed by atoms with E-state index in [0.717, 1.165) is 30.3 Å². The third-order valence-corrected chi connectivity index (χ3v) is 7.62. The lowest BCUT2D eigenvalue weighted by Gasteiger charge is -2.49. The summed E-state index contributed by atoms with van der Waals surface area (Å²) in [4.78, 5) is 5.19. The van der Waals surface area contributed by atoms with Crippen LogP contribution in [-0.4, -0.2) is 59.8 Å². The lowest BCUT2D eigenvalue weighted by Crippen LogP contribution is -2.51. The molecule has 0 aromatic rings. The molecule has 0 radical (unpaired) electrons. The zero-order valence-electron chi connectivity index (χ0n) is 21.2. The van der Waals surface area contributed by atoms with Crippen LogP contribution in [0.15, 0.2) is 0 Å². The van der Waals surface area contributed by atoms with Crippen LogP contribution in [0.25, 0.3) is 0 Å². The number of aliphatic hydroxyl groups excluding tert-OH is 1. The van der Waals surface area contributed by atoms with Gasteiger partial charge in [-0.15, -0.1) is 0 Å². The Morgan fingerprint density at radius 3 is 2.10 bits per heavy atom. The normalized spacial score (nSPS) is 31.2. The van der Waals surface area contributed by atoms with Crippen LogP contribution in [0.1, 0.15) is 100 Å². The molecule has 0 aromatic carbocycles. The molecule has 29 heavy (non-hydrogen) atoms. The Balaban J connectivity index is 0.000000268. The van der Waals surface area contributed by atoms with Crippen molar-refractivity contribution in [1.29, 1.82) is 0 Å². The number of hydrogen-bond acceptors (Lipinski definition) is 3. The van der Waals surface area contributed by atoms with E-state index in [1.54, 1.807) is 0 Å². The topological polar surface area (TPSA) is 26.7 Å². The van der Waals surface area contributed by atoms with E-state index in [2.05, 4.69) is 51.3 Å². The first-order chi connectivity index (χ1) is 13.8. The summed E-state index contributed by atoms with van der Waals surface area (Å²) in [6, 6.07) is 1.57. The Labute approximate surface area is 183 Å². The van der Waals surface area contributed by atoms with Gasteiger partial charge in [0.05, 0.1) is 6.61 Å². The van der Waals surface area contributed by atoms with Gasteiger partial charge in [-0.1, -0.05) is 54.9 Å². The summed E-state index contributed by atoms with van der Waals surface area (Å²) in [5.74, 6) is 2.54. The molecular formula is C26H54N2O. The molecule has 0 aliphatic carbocycles. The molecule has 0 spiro atoms. The quantitative estimate of drug-likeness (QED) is 0.612. The molecule has 4 unspecified atom stereocenters. The lowest BCUT2D eigenvalue weighted by atomic mass is 9.69. The predicted octanol–water partition coefficient (Wildman–Crippen LogP) is 6.06. The molecule has 3 aliphatic heterocycles. The Hall–Kier alpha value is -0.120. The van der Waals surface area contributed by atoms with Gasteiger partial charge >= 0.3 is 0 Å². The summed E-state index contributed by atoms with van der Waals surface area (Å²) in [7, 11) is 0. The van der Waals surface area contributed by atoms with Crippen molar-refractivity contribution in [2.45, 2.75) is 112 Å². The van der Waals surface area contributed by atoms with Gasteiger partial charge < -0.3 is 10.0 Å². The smallest absolute Gasteiger partial charge is 0.0558 e. The fraction of sp³-hybridized carbons (Fsp3) is 1.00. The second-order valence-electron chi connectivity index (χ2n) is 10.8. The molecule has 3 saturated heterocycles. The van der Waals surface area contributed by atoms with Gasteiger partial charge in [-0.3, -0.25) is 4.90 Å². The zero-order chi connectivity index (χ0) is 22.0. The van der Waals surface area contributed by atoms with Gasteiger partial charge in [0.2, 0.25) is 0 Å². The second kappa shape index (κ2) is 13.3. The van der Waals surface area contributed by atoms with Gasteiger partial charge in [0.1, 0.15) is 0 Å². The van der Waals surface area contributed by atoms with Gasteiger partial charge in [-0.05, 0) is 88.3 Å². The third kappa shape index (κ3) is 8.15. The maximum atomic E-state index is 8.92. The van der Waals surface area contributed by atoms with Crippen molar-refractivity contribution in [2.75, 3.05) is 32.8 Å². The number of nitrogens with zero attached hydrogens (tertiary/aromatic N) is 2. The predicted molar refractivity (Wildman–Crippen MR) is 128 cm³/mol. The molecule has 0 aromatic heterocycles. The highest BCUT2D eigenvalue weighted by Crippen LogP contribution is 2.41. The van der Waals surface area contributed by atoms with E-state index in [1.807, 2.05) is 13.8 Å². The second-order valence-corrected chi connectivity index (χ2v) is 10.8. The van der Waals surface area contributed by atoms with Crippen LogP contribution in [0.4, 0.5) is 0 Å². The van der Waals surface area contributed by atoms with Crippen molar-refractivity contribution < 1.29 is 5.11 Å².